The van der Waals surface area contributed by atoms with Crippen molar-refractivity contribution in [3.05, 3.63) is 71.3 Å². The normalized spacial score (nSPS) is 14.4. The van der Waals surface area contributed by atoms with Gasteiger partial charge in [-0.15, -0.1) is 0 Å². The minimum Gasteiger partial charge on any atom is -0.489 e. The number of ether oxygens (including phenoxy) is 1. The number of rotatable bonds is 5. The van der Waals surface area contributed by atoms with Crippen molar-refractivity contribution in [1.29, 1.82) is 0 Å². The molecule has 2 aromatic rings. The zero-order valence-corrected chi connectivity index (χ0v) is 13.5. The van der Waals surface area contributed by atoms with Gasteiger partial charge in [-0.2, -0.15) is 0 Å². The van der Waals surface area contributed by atoms with Crippen molar-refractivity contribution in [2.24, 2.45) is 5.73 Å². The fourth-order valence-electron chi connectivity index (χ4n) is 2.77. The molecule has 0 aliphatic carbocycles. The predicted octanol–water partition coefficient (Wildman–Crippen LogP) is 3.22. The molecular weight excluding hydrogens is 326 g/mol. The number of carbonyl (C=O) groups excluding carboxylic acids is 1. The van der Waals surface area contributed by atoms with Crippen molar-refractivity contribution in [3.8, 4) is 5.75 Å². The van der Waals surface area contributed by atoms with Gasteiger partial charge in [-0.05, 0) is 42.3 Å². The van der Waals surface area contributed by atoms with E-state index in [4.69, 9.17) is 10.5 Å². The zero-order valence-electron chi connectivity index (χ0n) is 13.5. The van der Waals surface area contributed by atoms with Crippen molar-refractivity contribution >= 4 is 11.6 Å². The lowest BCUT2D eigenvalue weighted by molar-refractivity contribution is 0.0979. The second-order valence-corrected chi connectivity index (χ2v) is 5.74. The largest absolute Gasteiger partial charge is 0.489 e. The summed E-state index contributed by atoms with van der Waals surface area (Å²) in [5, 5.41) is 0. The molecule has 0 atom stereocenters. The van der Waals surface area contributed by atoms with Gasteiger partial charge in [-0.25, -0.2) is 8.78 Å². The van der Waals surface area contributed by atoms with E-state index in [0.717, 1.165) is 5.56 Å². The van der Waals surface area contributed by atoms with Crippen LogP contribution in [0.1, 0.15) is 15.9 Å². The van der Waals surface area contributed by atoms with E-state index in [1.807, 2.05) is 0 Å². The molecule has 6 heteroatoms. The Bertz CT molecular complexity index is 821. The van der Waals surface area contributed by atoms with Crippen LogP contribution in [0, 0.1) is 5.82 Å². The molecule has 4 nitrogen and oxygen atoms in total. The minimum absolute atomic E-state index is 0.0566. The van der Waals surface area contributed by atoms with E-state index in [2.05, 4.69) is 0 Å². The van der Waals surface area contributed by atoms with Crippen LogP contribution in [-0.2, 0) is 6.42 Å². The number of nitrogens with two attached hydrogens (primary N) is 1. The third-order valence-corrected chi connectivity index (χ3v) is 4.14. The first-order valence-corrected chi connectivity index (χ1v) is 7.94. The van der Waals surface area contributed by atoms with Gasteiger partial charge in [-0.1, -0.05) is 12.1 Å². The quantitative estimate of drug-likeness (QED) is 0.906. The topological polar surface area (TPSA) is 55.6 Å². The molecule has 25 heavy (non-hydrogen) atoms. The van der Waals surface area contributed by atoms with Crippen molar-refractivity contribution < 1.29 is 18.3 Å². The number of fused-ring (bicyclic) bond motifs is 1. The number of nitrogens with zero attached hydrogens (tertiary/aromatic N) is 1. The maximum atomic E-state index is 14.0. The van der Waals surface area contributed by atoms with Crippen LogP contribution >= 0.6 is 0 Å². The molecule has 1 heterocycles. The number of anilines is 1. The molecule has 0 saturated heterocycles. The first-order chi connectivity index (χ1) is 12.1. The summed E-state index contributed by atoms with van der Waals surface area (Å²) >= 11 is 0. The molecule has 0 fully saturated rings. The number of halogens is 2. The zero-order chi connectivity index (χ0) is 17.8. The molecule has 1 amide bonds. The van der Waals surface area contributed by atoms with Crippen LogP contribution in [0.25, 0.3) is 0 Å². The number of hydrogen-bond acceptors (Lipinski definition) is 3. The SMILES string of the molecule is NC/C(=C\F)COc1ccc2c(c1)CCN(c1ccccc1F)C2=O. The highest BCUT2D eigenvalue weighted by Gasteiger charge is 2.27. The molecule has 2 aromatic carbocycles. The summed E-state index contributed by atoms with van der Waals surface area (Å²) in [7, 11) is 0. The molecule has 2 N–H and O–H groups in total. The Labute approximate surface area is 144 Å². The molecule has 0 aromatic heterocycles. The lowest BCUT2D eigenvalue weighted by atomic mass is 9.98. The summed E-state index contributed by atoms with van der Waals surface area (Å²) in [6.07, 6.45) is 1.02. The Morgan fingerprint density at radius 3 is 2.80 bits per heavy atom. The van der Waals surface area contributed by atoms with Crippen LogP contribution in [0.3, 0.4) is 0 Å². The van der Waals surface area contributed by atoms with Crippen LogP contribution in [0.5, 0.6) is 5.75 Å². The van der Waals surface area contributed by atoms with E-state index in [9.17, 15) is 13.6 Å². The molecule has 130 valence electrons. The van der Waals surface area contributed by atoms with Gasteiger partial charge < -0.3 is 15.4 Å². The summed E-state index contributed by atoms with van der Waals surface area (Å²) in [6, 6.07) is 11.3. The summed E-state index contributed by atoms with van der Waals surface area (Å²) in [5.74, 6) is -0.130. The number of carbonyl (C=O) groups is 1. The monoisotopic (exact) mass is 344 g/mol. The van der Waals surface area contributed by atoms with Crippen molar-refractivity contribution in [2.75, 3.05) is 24.6 Å². The van der Waals surface area contributed by atoms with Gasteiger partial charge >= 0.3 is 0 Å². The maximum Gasteiger partial charge on any atom is 0.258 e. The second-order valence-electron chi connectivity index (χ2n) is 5.74. The summed E-state index contributed by atoms with van der Waals surface area (Å²) in [4.78, 5) is 14.1. The molecule has 0 bridgehead atoms. The smallest absolute Gasteiger partial charge is 0.258 e. The molecule has 3 rings (SSSR count). The van der Waals surface area contributed by atoms with Crippen molar-refractivity contribution in [3.63, 3.8) is 0 Å². The van der Waals surface area contributed by atoms with Gasteiger partial charge in [0.2, 0.25) is 0 Å². The molecule has 0 radical (unpaired) electrons. The van der Waals surface area contributed by atoms with Crippen LogP contribution in [-0.4, -0.2) is 25.6 Å². The second kappa shape index (κ2) is 7.44. The highest BCUT2D eigenvalue weighted by atomic mass is 19.1. The van der Waals surface area contributed by atoms with Crippen LogP contribution in [0.4, 0.5) is 14.5 Å². The summed E-state index contributed by atoms with van der Waals surface area (Å²) < 4.78 is 32.0. The molecule has 0 spiro atoms. The molecular formula is C19H18F2N2O2. The fourth-order valence-corrected chi connectivity index (χ4v) is 2.77. The fraction of sp³-hybridized carbons (Fsp3) is 0.211. The van der Waals surface area contributed by atoms with Crippen LogP contribution in [0.15, 0.2) is 54.4 Å². The van der Waals surface area contributed by atoms with E-state index in [0.29, 0.717) is 36.2 Å². The average molecular weight is 344 g/mol. The highest BCUT2D eigenvalue weighted by Crippen LogP contribution is 2.28. The predicted molar refractivity (Wildman–Crippen MR) is 92.0 cm³/mol. The highest BCUT2D eigenvalue weighted by molar-refractivity contribution is 6.08. The molecule has 1 aliphatic heterocycles. The summed E-state index contributed by atoms with van der Waals surface area (Å²) in [6.45, 7) is 0.521. The first kappa shape index (κ1) is 17.1. The van der Waals surface area contributed by atoms with Crippen LogP contribution in [0.2, 0.25) is 0 Å². The van der Waals surface area contributed by atoms with Gasteiger partial charge in [0.25, 0.3) is 5.91 Å². The first-order valence-electron chi connectivity index (χ1n) is 7.94. The van der Waals surface area contributed by atoms with Gasteiger partial charge in [0, 0.05) is 24.2 Å². The number of para-hydroxylation sites is 1. The van der Waals surface area contributed by atoms with Gasteiger partial charge in [0.05, 0.1) is 12.0 Å². The van der Waals surface area contributed by atoms with Crippen molar-refractivity contribution in [1.82, 2.24) is 0 Å². The average Bonchev–Trinajstić information content (AvgIpc) is 2.64. The number of benzene rings is 2. The van der Waals surface area contributed by atoms with Gasteiger partial charge in [-0.3, -0.25) is 4.79 Å². The Balaban J connectivity index is 1.80. The Kier molecular flexibility index (Phi) is 5.09. The Morgan fingerprint density at radius 1 is 1.28 bits per heavy atom. The standard InChI is InChI=1S/C19H18F2N2O2/c20-10-13(11-22)12-25-15-5-6-16-14(9-15)7-8-23(19(16)24)18-4-2-1-3-17(18)21/h1-6,9-10H,7-8,11-12,22H2/b13-10+. The van der Waals surface area contributed by atoms with E-state index < -0.39 is 5.82 Å². The van der Waals surface area contributed by atoms with E-state index in [1.54, 1.807) is 36.4 Å². The molecule has 0 saturated carbocycles. The Morgan fingerprint density at radius 2 is 2.08 bits per heavy atom. The summed E-state index contributed by atoms with van der Waals surface area (Å²) in [5.41, 5.74) is 7.36. The molecule has 1 aliphatic rings. The van der Waals surface area contributed by atoms with Gasteiger partial charge in [0.1, 0.15) is 18.2 Å². The van der Waals surface area contributed by atoms with E-state index >= 15 is 0 Å². The van der Waals surface area contributed by atoms with Crippen LogP contribution < -0.4 is 15.4 Å². The lowest BCUT2D eigenvalue weighted by Gasteiger charge is -2.29. The third-order valence-electron chi connectivity index (χ3n) is 4.14. The molecule has 0 unspecified atom stereocenters. The van der Waals surface area contributed by atoms with Crippen molar-refractivity contribution in [2.45, 2.75) is 6.42 Å². The minimum atomic E-state index is -0.424. The van der Waals surface area contributed by atoms with Gasteiger partial charge in [0.15, 0.2) is 0 Å². The van der Waals surface area contributed by atoms with E-state index in [1.165, 1.54) is 11.0 Å². The third kappa shape index (κ3) is 3.53. The maximum absolute atomic E-state index is 14.0. The lowest BCUT2D eigenvalue weighted by Crippen LogP contribution is -2.38. The number of hydrogen-bond donors (Lipinski definition) is 1. The number of amides is 1. The Hall–Kier alpha value is -2.73. The van der Waals surface area contributed by atoms with E-state index in [-0.39, 0.29) is 24.7 Å².